The lowest BCUT2D eigenvalue weighted by Crippen LogP contribution is -2.30. The Bertz CT molecular complexity index is 189. The first-order valence-electron chi connectivity index (χ1n) is 4.21. The second-order valence-electron chi connectivity index (χ2n) is 3.25. The summed E-state index contributed by atoms with van der Waals surface area (Å²) in [6, 6.07) is 0. The van der Waals surface area contributed by atoms with Crippen molar-refractivity contribution in [2.45, 2.75) is 26.1 Å². The Balaban J connectivity index is 2.57. The summed E-state index contributed by atoms with van der Waals surface area (Å²) in [5.74, 6) is 0.105. The van der Waals surface area contributed by atoms with Gasteiger partial charge in [0.15, 0.2) is 0 Å². The molecule has 1 amide bonds. The fourth-order valence-corrected chi connectivity index (χ4v) is 1.28. The molecule has 0 aromatic heterocycles. The zero-order chi connectivity index (χ0) is 9.14. The van der Waals surface area contributed by atoms with Gasteiger partial charge >= 0.3 is 0 Å². The summed E-state index contributed by atoms with van der Waals surface area (Å²) in [4.78, 5) is 11.2. The molecule has 68 valence electrons. The van der Waals surface area contributed by atoms with E-state index in [4.69, 9.17) is 4.74 Å². The number of hydrogen-bond acceptors (Lipinski definition) is 2. The SMILES string of the molecule is C=CC1CNC(=O)C1OC(C)C. The highest BCUT2D eigenvalue weighted by atomic mass is 16.5. The van der Waals surface area contributed by atoms with Crippen molar-refractivity contribution in [3.63, 3.8) is 0 Å². The molecule has 0 spiro atoms. The molecule has 1 aliphatic heterocycles. The zero-order valence-electron chi connectivity index (χ0n) is 7.54. The standard InChI is InChI=1S/C9H15NO2/c1-4-7-5-10-9(11)8(7)12-6(2)3/h4,6-8H,1,5H2,2-3H3,(H,10,11). The van der Waals surface area contributed by atoms with Crippen LogP contribution in [0.2, 0.25) is 0 Å². The van der Waals surface area contributed by atoms with Gasteiger partial charge < -0.3 is 10.1 Å². The average molecular weight is 169 g/mol. The minimum atomic E-state index is -0.331. The monoisotopic (exact) mass is 169 g/mol. The molecule has 2 atom stereocenters. The minimum absolute atomic E-state index is 0.0198. The van der Waals surface area contributed by atoms with Crippen LogP contribution in [0.1, 0.15) is 13.8 Å². The molecule has 3 nitrogen and oxygen atoms in total. The number of carbonyl (C=O) groups excluding carboxylic acids is 1. The molecule has 0 bridgehead atoms. The summed E-state index contributed by atoms with van der Waals surface area (Å²) in [6.07, 6.45) is 1.52. The lowest BCUT2D eigenvalue weighted by atomic mass is 10.1. The largest absolute Gasteiger partial charge is 0.365 e. The van der Waals surface area contributed by atoms with Crippen LogP contribution in [-0.4, -0.2) is 24.7 Å². The highest BCUT2D eigenvalue weighted by Crippen LogP contribution is 2.16. The van der Waals surface area contributed by atoms with E-state index >= 15 is 0 Å². The van der Waals surface area contributed by atoms with Crippen LogP contribution in [0.25, 0.3) is 0 Å². The van der Waals surface area contributed by atoms with Gasteiger partial charge in [-0.2, -0.15) is 0 Å². The van der Waals surface area contributed by atoms with Crippen molar-refractivity contribution in [2.75, 3.05) is 6.54 Å². The van der Waals surface area contributed by atoms with Crippen molar-refractivity contribution in [1.29, 1.82) is 0 Å². The van der Waals surface area contributed by atoms with Gasteiger partial charge in [-0.05, 0) is 13.8 Å². The van der Waals surface area contributed by atoms with Gasteiger partial charge in [0.05, 0.1) is 6.10 Å². The molecular formula is C9H15NO2. The maximum absolute atomic E-state index is 11.2. The van der Waals surface area contributed by atoms with E-state index in [9.17, 15) is 4.79 Å². The molecule has 3 heteroatoms. The lowest BCUT2D eigenvalue weighted by molar-refractivity contribution is -0.132. The number of rotatable bonds is 3. The number of carbonyl (C=O) groups is 1. The predicted molar refractivity (Wildman–Crippen MR) is 46.7 cm³/mol. The van der Waals surface area contributed by atoms with Crippen molar-refractivity contribution < 1.29 is 9.53 Å². The van der Waals surface area contributed by atoms with Crippen molar-refractivity contribution in [1.82, 2.24) is 5.32 Å². The van der Waals surface area contributed by atoms with E-state index < -0.39 is 0 Å². The Kier molecular flexibility index (Phi) is 2.87. The lowest BCUT2D eigenvalue weighted by Gasteiger charge is -2.16. The van der Waals surface area contributed by atoms with Crippen LogP contribution >= 0.6 is 0 Å². The molecular weight excluding hydrogens is 154 g/mol. The van der Waals surface area contributed by atoms with Crippen LogP contribution in [0.4, 0.5) is 0 Å². The molecule has 0 aromatic carbocycles. The van der Waals surface area contributed by atoms with Crippen LogP contribution in [0.15, 0.2) is 12.7 Å². The van der Waals surface area contributed by atoms with Crippen LogP contribution in [-0.2, 0) is 9.53 Å². The van der Waals surface area contributed by atoms with E-state index in [0.29, 0.717) is 6.54 Å². The smallest absolute Gasteiger partial charge is 0.249 e. The number of amides is 1. The van der Waals surface area contributed by atoms with Gasteiger partial charge in [0.2, 0.25) is 5.91 Å². The van der Waals surface area contributed by atoms with E-state index in [2.05, 4.69) is 11.9 Å². The third-order valence-corrected chi connectivity index (χ3v) is 1.88. The number of ether oxygens (including phenoxy) is 1. The molecule has 1 fully saturated rings. The molecule has 1 saturated heterocycles. The Hall–Kier alpha value is -0.830. The fraction of sp³-hybridized carbons (Fsp3) is 0.667. The molecule has 2 unspecified atom stereocenters. The quantitative estimate of drug-likeness (QED) is 0.632. The first-order valence-corrected chi connectivity index (χ1v) is 4.21. The van der Waals surface area contributed by atoms with Crippen LogP contribution < -0.4 is 5.32 Å². The normalized spacial score (nSPS) is 29.1. The summed E-state index contributed by atoms with van der Waals surface area (Å²) in [5.41, 5.74) is 0. The van der Waals surface area contributed by atoms with Crippen molar-refractivity contribution in [3.05, 3.63) is 12.7 Å². The van der Waals surface area contributed by atoms with E-state index in [1.165, 1.54) is 0 Å². The van der Waals surface area contributed by atoms with Gasteiger partial charge in [-0.15, -0.1) is 6.58 Å². The molecule has 1 aliphatic rings. The molecule has 0 radical (unpaired) electrons. The Labute approximate surface area is 72.8 Å². The first kappa shape index (κ1) is 9.26. The van der Waals surface area contributed by atoms with Crippen molar-refractivity contribution >= 4 is 5.91 Å². The molecule has 0 aromatic rings. The van der Waals surface area contributed by atoms with E-state index in [1.807, 2.05) is 13.8 Å². The van der Waals surface area contributed by atoms with Gasteiger partial charge in [-0.25, -0.2) is 0 Å². The van der Waals surface area contributed by atoms with Gasteiger partial charge in [-0.3, -0.25) is 4.79 Å². The maximum Gasteiger partial charge on any atom is 0.249 e. The highest BCUT2D eigenvalue weighted by Gasteiger charge is 2.33. The van der Waals surface area contributed by atoms with E-state index in [-0.39, 0.29) is 24.0 Å². The second-order valence-corrected chi connectivity index (χ2v) is 3.25. The number of nitrogens with one attached hydrogen (secondary N) is 1. The third kappa shape index (κ3) is 1.85. The summed E-state index contributed by atoms with van der Waals surface area (Å²) in [5, 5.41) is 2.74. The molecule has 0 aliphatic carbocycles. The topological polar surface area (TPSA) is 38.3 Å². The summed E-state index contributed by atoms with van der Waals surface area (Å²) in [6.45, 7) is 8.16. The Morgan fingerprint density at radius 2 is 2.42 bits per heavy atom. The zero-order valence-corrected chi connectivity index (χ0v) is 7.54. The predicted octanol–water partition coefficient (Wildman–Crippen LogP) is 0.712. The van der Waals surface area contributed by atoms with Gasteiger partial charge in [0.1, 0.15) is 6.10 Å². The summed E-state index contributed by atoms with van der Waals surface area (Å²) < 4.78 is 5.44. The molecule has 1 heterocycles. The van der Waals surface area contributed by atoms with E-state index in [0.717, 1.165) is 0 Å². The Morgan fingerprint density at radius 3 is 2.92 bits per heavy atom. The van der Waals surface area contributed by atoms with Gasteiger partial charge in [-0.1, -0.05) is 6.08 Å². The minimum Gasteiger partial charge on any atom is -0.365 e. The average Bonchev–Trinajstić information content (AvgIpc) is 2.32. The van der Waals surface area contributed by atoms with Crippen molar-refractivity contribution in [3.8, 4) is 0 Å². The summed E-state index contributed by atoms with van der Waals surface area (Å²) >= 11 is 0. The molecule has 0 saturated carbocycles. The van der Waals surface area contributed by atoms with Gasteiger partial charge in [0, 0.05) is 12.5 Å². The highest BCUT2D eigenvalue weighted by molar-refractivity contribution is 5.83. The number of hydrogen-bond donors (Lipinski definition) is 1. The van der Waals surface area contributed by atoms with E-state index in [1.54, 1.807) is 6.08 Å². The maximum atomic E-state index is 11.2. The van der Waals surface area contributed by atoms with Crippen LogP contribution in [0, 0.1) is 5.92 Å². The fourth-order valence-electron chi connectivity index (χ4n) is 1.28. The van der Waals surface area contributed by atoms with Crippen LogP contribution in [0.3, 0.4) is 0 Å². The second kappa shape index (κ2) is 3.72. The molecule has 1 N–H and O–H groups in total. The third-order valence-electron chi connectivity index (χ3n) is 1.88. The van der Waals surface area contributed by atoms with Gasteiger partial charge in [0.25, 0.3) is 0 Å². The van der Waals surface area contributed by atoms with Crippen LogP contribution in [0.5, 0.6) is 0 Å². The summed E-state index contributed by atoms with van der Waals surface area (Å²) in [7, 11) is 0. The van der Waals surface area contributed by atoms with Crippen molar-refractivity contribution in [2.24, 2.45) is 5.92 Å². The molecule has 12 heavy (non-hydrogen) atoms. The Morgan fingerprint density at radius 1 is 1.75 bits per heavy atom. The first-order chi connectivity index (χ1) is 5.65. The molecule has 1 rings (SSSR count).